The van der Waals surface area contributed by atoms with Gasteiger partial charge in [0, 0.05) is 0 Å². The molecule has 0 unspecified atom stereocenters. The van der Waals surface area contributed by atoms with Crippen LogP contribution < -0.4 is 0 Å². The Kier molecular flexibility index (Phi) is 6.29. The summed E-state index contributed by atoms with van der Waals surface area (Å²) in [5, 5.41) is 0. The van der Waals surface area contributed by atoms with E-state index in [1.807, 2.05) is 0 Å². The fraction of sp³-hybridized carbons (Fsp3) is 1.00. The van der Waals surface area contributed by atoms with Crippen molar-refractivity contribution < 1.29 is 39.5 Å². The third kappa shape index (κ3) is 6.19. The van der Waals surface area contributed by atoms with Gasteiger partial charge in [-0.05, 0) is 0 Å². The highest BCUT2D eigenvalue weighted by Gasteiger charge is 2.67. The van der Waals surface area contributed by atoms with Gasteiger partial charge in [-0.25, -0.2) is 0 Å². The molecule has 0 radical (unpaired) electrons. The van der Waals surface area contributed by atoms with Crippen molar-refractivity contribution in [2.75, 3.05) is 0 Å². The van der Waals surface area contributed by atoms with Crippen molar-refractivity contribution >= 4 is 16.1 Å². The SMILES string of the molecule is C[Si](C)(C(F)(F)F)C(F)(F)F.C[Si](C)(C)C(F)(F)F. The highest BCUT2D eigenvalue weighted by molar-refractivity contribution is 6.81. The van der Waals surface area contributed by atoms with Gasteiger partial charge in [-0.2, -0.15) is 39.5 Å². The second-order valence-electron chi connectivity index (χ2n) is 5.37. The zero-order valence-electron chi connectivity index (χ0n) is 10.9. The molecule has 0 spiro atoms. The molecular formula is C8H15F9Si2. The second-order valence-corrected chi connectivity index (χ2v) is 14.8. The summed E-state index contributed by atoms with van der Waals surface area (Å²) in [5.74, 6) is -14.1. The van der Waals surface area contributed by atoms with Crippen LogP contribution in [0.3, 0.4) is 0 Å². The van der Waals surface area contributed by atoms with E-state index in [-0.39, 0.29) is 13.1 Å². The lowest BCUT2D eigenvalue weighted by molar-refractivity contribution is -0.111. The smallest absolute Gasteiger partial charge is 0.177 e. The van der Waals surface area contributed by atoms with Crippen LogP contribution >= 0.6 is 0 Å². The predicted octanol–water partition coefficient (Wildman–Crippen LogP) is 5.32. The predicted molar refractivity (Wildman–Crippen MR) is 59.0 cm³/mol. The van der Waals surface area contributed by atoms with Crippen molar-refractivity contribution in [1.82, 2.24) is 0 Å². The molecule has 0 aliphatic rings. The Morgan fingerprint density at radius 3 is 0.632 bits per heavy atom. The Hall–Kier alpha value is -0.196. The number of hydrogen-bond acceptors (Lipinski definition) is 0. The lowest BCUT2D eigenvalue weighted by atomic mass is 11.5. The van der Waals surface area contributed by atoms with Gasteiger partial charge in [-0.3, -0.25) is 0 Å². The molecule has 0 rings (SSSR count). The number of alkyl halides is 9. The number of halogens is 9. The Bertz CT molecular complexity index is 251. The fourth-order valence-electron chi connectivity index (χ4n) is 0.161. The molecule has 0 bridgehead atoms. The standard InChI is InChI=1S/C4H6F6Si.C4H9F3Si/c1-11(2,3(5,6)7)4(8,9)10;1-8(2,3)4(5,6)7/h1-2H3;1-3H3. The summed E-state index contributed by atoms with van der Waals surface area (Å²) in [6.45, 7) is 4.34. The van der Waals surface area contributed by atoms with Crippen LogP contribution in [0.2, 0.25) is 32.7 Å². The van der Waals surface area contributed by atoms with Crippen LogP contribution in [0.5, 0.6) is 0 Å². The van der Waals surface area contributed by atoms with Crippen LogP contribution in [0.4, 0.5) is 39.5 Å². The van der Waals surface area contributed by atoms with E-state index in [4.69, 9.17) is 0 Å². The number of hydrogen-bond donors (Lipinski definition) is 0. The van der Waals surface area contributed by atoms with E-state index in [1.165, 1.54) is 19.6 Å². The zero-order chi connectivity index (χ0) is 16.5. The highest BCUT2D eigenvalue weighted by atomic mass is 28.3. The first-order valence-corrected chi connectivity index (χ1v) is 11.5. The molecule has 0 aromatic carbocycles. The maximum atomic E-state index is 11.7. The molecule has 0 aromatic rings. The van der Waals surface area contributed by atoms with Crippen molar-refractivity contribution in [2.45, 2.75) is 50.1 Å². The van der Waals surface area contributed by atoms with Crippen LogP contribution in [-0.2, 0) is 0 Å². The summed E-state index contributed by atoms with van der Waals surface area (Å²) in [7, 11) is -7.97. The van der Waals surface area contributed by atoms with Crippen molar-refractivity contribution in [3.05, 3.63) is 0 Å². The van der Waals surface area contributed by atoms with Crippen LogP contribution in [0.15, 0.2) is 0 Å². The summed E-state index contributed by atoms with van der Waals surface area (Å²) >= 11 is 0. The second kappa shape index (κ2) is 5.66. The third-order valence-electron chi connectivity index (χ3n) is 2.27. The van der Waals surface area contributed by atoms with E-state index in [0.717, 1.165) is 0 Å². The molecule has 19 heavy (non-hydrogen) atoms. The summed E-state index contributed by atoms with van der Waals surface area (Å²) in [4.78, 5) is 0. The van der Waals surface area contributed by atoms with E-state index < -0.39 is 33.5 Å². The topological polar surface area (TPSA) is 0 Å². The first kappa shape index (κ1) is 21.1. The third-order valence-corrected chi connectivity index (χ3v) is 6.80. The van der Waals surface area contributed by atoms with Gasteiger partial charge in [0.15, 0.2) is 8.07 Å². The minimum absolute atomic E-state index is 0.243. The molecule has 0 heterocycles. The first-order valence-electron chi connectivity index (χ1n) is 4.95. The van der Waals surface area contributed by atoms with E-state index in [1.54, 1.807) is 0 Å². The molecule has 0 fully saturated rings. The van der Waals surface area contributed by atoms with E-state index in [2.05, 4.69) is 0 Å². The van der Waals surface area contributed by atoms with Crippen LogP contribution in [0, 0.1) is 0 Å². The van der Waals surface area contributed by atoms with Gasteiger partial charge in [0.05, 0.1) is 0 Å². The summed E-state index contributed by atoms with van der Waals surface area (Å²) in [6.07, 6.45) is 0. The summed E-state index contributed by atoms with van der Waals surface area (Å²) in [6, 6.07) is 0. The molecule has 0 saturated carbocycles. The van der Waals surface area contributed by atoms with Gasteiger partial charge in [0.2, 0.25) is 0 Å². The molecule has 0 atom stereocenters. The van der Waals surface area contributed by atoms with Crippen molar-refractivity contribution in [2.24, 2.45) is 0 Å². The first-order chi connectivity index (χ1) is 7.75. The van der Waals surface area contributed by atoms with Gasteiger partial charge in [-0.15, -0.1) is 0 Å². The van der Waals surface area contributed by atoms with Gasteiger partial charge >= 0.3 is 17.4 Å². The molecule has 0 aliphatic carbocycles. The Balaban J connectivity index is 0. The Morgan fingerprint density at radius 1 is 0.474 bits per heavy atom. The van der Waals surface area contributed by atoms with Crippen molar-refractivity contribution in [1.29, 1.82) is 0 Å². The maximum Gasteiger partial charge on any atom is 0.371 e. The average molecular weight is 338 g/mol. The molecule has 0 aliphatic heterocycles. The van der Waals surface area contributed by atoms with Crippen molar-refractivity contribution in [3.63, 3.8) is 0 Å². The van der Waals surface area contributed by atoms with Gasteiger partial charge in [-0.1, -0.05) is 32.7 Å². The minimum atomic E-state index is -5.11. The van der Waals surface area contributed by atoms with Crippen LogP contribution in [0.1, 0.15) is 0 Å². The zero-order valence-corrected chi connectivity index (χ0v) is 12.9. The quantitative estimate of drug-likeness (QED) is 0.414. The molecule has 0 N–H and O–H groups in total. The van der Waals surface area contributed by atoms with Gasteiger partial charge in [0.25, 0.3) is 8.07 Å². The molecule has 11 heteroatoms. The minimum Gasteiger partial charge on any atom is -0.177 e. The fourth-order valence-corrected chi connectivity index (χ4v) is 0.482. The molecular weight excluding hydrogens is 323 g/mol. The largest absolute Gasteiger partial charge is 0.371 e. The molecule has 0 amide bonds. The number of rotatable bonds is 0. The average Bonchev–Trinajstić information content (AvgIpc) is 1.96. The monoisotopic (exact) mass is 338 g/mol. The maximum absolute atomic E-state index is 11.7. The van der Waals surface area contributed by atoms with Crippen LogP contribution in [0.25, 0.3) is 0 Å². The van der Waals surface area contributed by atoms with E-state index >= 15 is 0 Å². The Morgan fingerprint density at radius 2 is 0.632 bits per heavy atom. The van der Waals surface area contributed by atoms with E-state index in [9.17, 15) is 39.5 Å². The molecule has 0 aromatic heterocycles. The lowest BCUT2D eigenvalue weighted by Crippen LogP contribution is -2.57. The normalized spacial score (nSPS) is 14.8. The summed E-state index contributed by atoms with van der Waals surface area (Å²) in [5.41, 5.74) is 0. The molecule has 0 saturated heterocycles. The van der Waals surface area contributed by atoms with Gasteiger partial charge < -0.3 is 0 Å². The van der Waals surface area contributed by atoms with Crippen molar-refractivity contribution in [3.8, 4) is 0 Å². The van der Waals surface area contributed by atoms with Crippen LogP contribution in [-0.4, -0.2) is 33.5 Å². The summed E-state index contributed by atoms with van der Waals surface area (Å²) < 4.78 is 105. The molecule has 118 valence electrons. The Labute approximate surface area is 107 Å². The molecule has 0 nitrogen and oxygen atoms in total. The lowest BCUT2D eigenvalue weighted by Gasteiger charge is -2.27. The highest BCUT2D eigenvalue weighted by Crippen LogP contribution is 2.40. The van der Waals surface area contributed by atoms with E-state index in [0.29, 0.717) is 0 Å². The van der Waals surface area contributed by atoms with Gasteiger partial charge in [0.1, 0.15) is 0 Å².